The van der Waals surface area contributed by atoms with Crippen LogP contribution in [-0.2, 0) is 0 Å². The lowest BCUT2D eigenvalue weighted by Crippen LogP contribution is -2.18. The molecule has 0 amide bonds. The van der Waals surface area contributed by atoms with Crippen LogP contribution in [0.2, 0.25) is 0 Å². The predicted molar refractivity (Wildman–Crippen MR) is 73.9 cm³/mol. The van der Waals surface area contributed by atoms with Crippen LogP contribution in [0.5, 0.6) is 0 Å². The van der Waals surface area contributed by atoms with Crippen molar-refractivity contribution in [2.75, 3.05) is 18.5 Å². The number of anilines is 1. The Hall–Kier alpha value is -1.31. The summed E-state index contributed by atoms with van der Waals surface area (Å²) >= 11 is 0. The van der Waals surface area contributed by atoms with Gasteiger partial charge in [0.05, 0.1) is 0 Å². The van der Waals surface area contributed by atoms with E-state index in [1.807, 2.05) is 31.2 Å². The molecule has 2 heteroatoms. The molecule has 0 radical (unpaired) electrons. The molecule has 0 unspecified atom stereocenters. The maximum atomic E-state index is 11.5. The molecule has 0 saturated heterocycles. The van der Waals surface area contributed by atoms with E-state index in [9.17, 15) is 4.79 Å². The molecule has 0 bridgehead atoms. The normalized spacial score (nSPS) is 10.3. The van der Waals surface area contributed by atoms with Gasteiger partial charge < -0.3 is 4.90 Å². The SMILES string of the molecule is CCCCCN(C)c1ccc(C(=O)CC)cc1. The van der Waals surface area contributed by atoms with Crippen LogP contribution in [0.25, 0.3) is 0 Å². The highest BCUT2D eigenvalue weighted by atomic mass is 16.1. The summed E-state index contributed by atoms with van der Waals surface area (Å²) in [6.45, 7) is 5.19. The molecule has 1 rings (SSSR count). The van der Waals surface area contributed by atoms with Gasteiger partial charge >= 0.3 is 0 Å². The molecule has 94 valence electrons. The van der Waals surface area contributed by atoms with Crippen molar-refractivity contribution in [2.24, 2.45) is 0 Å². The third-order valence-electron chi connectivity index (χ3n) is 3.05. The van der Waals surface area contributed by atoms with Gasteiger partial charge in [-0.05, 0) is 30.7 Å². The van der Waals surface area contributed by atoms with Crippen molar-refractivity contribution < 1.29 is 4.79 Å². The Bertz CT molecular complexity index is 342. The van der Waals surface area contributed by atoms with Crippen LogP contribution in [0.4, 0.5) is 5.69 Å². The second-order valence-corrected chi connectivity index (χ2v) is 4.45. The Kier molecular flexibility index (Phi) is 5.75. The van der Waals surface area contributed by atoms with Crippen molar-refractivity contribution in [1.82, 2.24) is 0 Å². The van der Waals surface area contributed by atoms with Gasteiger partial charge in [0.25, 0.3) is 0 Å². The number of benzene rings is 1. The Balaban J connectivity index is 2.57. The van der Waals surface area contributed by atoms with Gasteiger partial charge in [-0.15, -0.1) is 0 Å². The van der Waals surface area contributed by atoms with Crippen LogP contribution >= 0.6 is 0 Å². The van der Waals surface area contributed by atoms with Crippen LogP contribution in [-0.4, -0.2) is 19.4 Å². The van der Waals surface area contributed by atoms with E-state index >= 15 is 0 Å². The average molecular weight is 233 g/mol. The minimum atomic E-state index is 0.213. The first-order valence-corrected chi connectivity index (χ1v) is 6.53. The summed E-state index contributed by atoms with van der Waals surface area (Å²) in [7, 11) is 2.10. The summed E-state index contributed by atoms with van der Waals surface area (Å²) in [4.78, 5) is 13.7. The number of Topliss-reactive ketones (excluding diaryl/α,β-unsaturated/α-hetero) is 1. The summed E-state index contributed by atoms with van der Waals surface area (Å²) in [6, 6.07) is 7.93. The number of unbranched alkanes of at least 4 members (excludes halogenated alkanes) is 2. The molecule has 17 heavy (non-hydrogen) atoms. The molecule has 2 nitrogen and oxygen atoms in total. The number of carbonyl (C=O) groups excluding carboxylic acids is 1. The van der Waals surface area contributed by atoms with Crippen molar-refractivity contribution in [3.8, 4) is 0 Å². The van der Waals surface area contributed by atoms with Crippen molar-refractivity contribution >= 4 is 11.5 Å². The molecular formula is C15H23NO. The van der Waals surface area contributed by atoms with E-state index < -0.39 is 0 Å². The van der Waals surface area contributed by atoms with E-state index in [4.69, 9.17) is 0 Å². The molecule has 0 aliphatic rings. The molecule has 1 aromatic rings. The van der Waals surface area contributed by atoms with Crippen molar-refractivity contribution in [3.05, 3.63) is 29.8 Å². The smallest absolute Gasteiger partial charge is 0.162 e. The third kappa shape index (κ3) is 4.22. The number of hydrogen-bond donors (Lipinski definition) is 0. The molecule has 0 spiro atoms. The van der Waals surface area contributed by atoms with Crippen molar-refractivity contribution in [3.63, 3.8) is 0 Å². The van der Waals surface area contributed by atoms with Crippen molar-refractivity contribution in [2.45, 2.75) is 39.5 Å². The van der Waals surface area contributed by atoms with E-state index in [2.05, 4.69) is 18.9 Å². The summed E-state index contributed by atoms with van der Waals surface area (Å²) < 4.78 is 0. The lowest BCUT2D eigenvalue weighted by Gasteiger charge is -2.19. The van der Waals surface area contributed by atoms with Gasteiger partial charge in [0.1, 0.15) is 0 Å². The maximum Gasteiger partial charge on any atom is 0.162 e. The highest BCUT2D eigenvalue weighted by molar-refractivity contribution is 5.96. The topological polar surface area (TPSA) is 20.3 Å². The van der Waals surface area contributed by atoms with E-state index in [0.717, 1.165) is 12.1 Å². The predicted octanol–water partition coefficient (Wildman–Crippen LogP) is 3.91. The zero-order valence-corrected chi connectivity index (χ0v) is 11.2. The van der Waals surface area contributed by atoms with Crippen LogP contribution in [0.1, 0.15) is 49.9 Å². The molecule has 0 N–H and O–H groups in total. The molecule has 0 aromatic heterocycles. The molecule has 0 atom stereocenters. The molecule has 0 aliphatic carbocycles. The molecule has 0 aliphatic heterocycles. The fraction of sp³-hybridized carbons (Fsp3) is 0.533. The quantitative estimate of drug-likeness (QED) is 0.526. The number of hydrogen-bond acceptors (Lipinski definition) is 2. The average Bonchev–Trinajstić information content (AvgIpc) is 2.38. The number of nitrogens with zero attached hydrogens (tertiary/aromatic N) is 1. The number of ketones is 1. The Morgan fingerprint density at radius 1 is 1.12 bits per heavy atom. The maximum absolute atomic E-state index is 11.5. The lowest BCUT2D eigenvalue weighted by molar-refractivity contribution is 0.0988. The summed E-state index contributed by atoms with van der Waals surface area (Å²) in [5, 5.41) is 0. The molecular weight excluding hydrogens is 210 g/mol. The zero-order valence-electron chi connectivity index (χ0n) is 11.2. The second kappa shape index (κ2) is 7.10. The Morgan fingerprint density at radius 3 is 2.29 bits per heavy atom. The fourth-order valence-electron chi connectivity index (χ4n) is 1.83. The van der Waals surface area contributed by atoms with Gasteiger partial charge in [-0.25, -0.2) is 0 Å². The summed E-state index contributed by atoms with van der Waals surface area (Å²) in [5.74, 6) is 0.213. The highest BCUT2D eigenvalue weighted by Gasteiger charge is 2.04. The van der Waals surface area contributed by atoms with E-state index in [1.165, 1.54) is 24.9 Å². The van der Waals surface area contributed by atoms with E-state index in [0.29, 0.717) is 6.42 Å². The van der Waals surface area contributed by atoms with Gasteiger partial charge in [0.2, 0.25) is 0 Å². The van der Waals surface area contributed by atoms with Crippen LogP contribution < -0.4 is 4.90 Å². The minimum absolute atomic E-state index is 0.213. The minimum Gasteiger partial charge on any atom is -0.375 e. The Morgan fingerprint density at radius 2 is 1.76 bits per heavy atom. The van der Waals surface area contributed by atoms with Gasteiger partial charge in [0, 0.05) is 31.3 Å². The van der Waals surface area contributed by atoms with Crippen LogP contribution in [0, 0.1) is 0 Å². The molecule has 1 aromatic carbocycles. The molecule has 0 saturated carbocycles. The number of rotatable bonds is 7. The molecule has 0 fully saturated rings. The highest BCUT2D eigenvalue weighted by Crippen LogP contribution is 2.15. The lowest BCUT2D eigenvalue weighted by atomic mass is 10.1. The van der Waals surface area contributed by atoms with E-state index in [-0.39, 0.29) is 5.78 Å². The van der Waals surface area contributed by atoms with Gasteiger partial charge in [0.15, 0.2) is 5.78 Å². The first-order valence-electron chi connectivity index (χ1n) is 6.53. The standard InChI is InChI=1S/C15H23NO/c1-4-6-7-12-16(3)14-10-8-13(9-11-14)15(17)5-2/h8-11H,4-7,12H2,1-3H3. The Labute approximate surface area is 105 Å². The zero-order chi connectivity index (χ0) is 12.7. The summed E-state index contributed by atoms with van der Waals surface area (Å²) in [5.41, 5.74) is 2.01. The monoisotopic (exact) mass is 233 g/mol. The molecule has 0 heterocycles. The van der Waals surface area contributed by atoms with Gasteiger partial charge in [-0.3, -0.25) is 4.79 Å². The van der Waals surface area contributed by atoms with Crippen LogP contribution in [0.15, 0.2) is 24.3 Å². The largest absolute Gasteiger partial charge is 0.375 e. The fourth-order valence-corrected chi connectivity index (χ4v) is 1.83. The van der Waals surface area contributed by atoms with Crippen LogP contribution in [0.3, 0.4) is 0 Å². The third-order valence-corrected chi connectivity index (χ3v) is 3.05. The first kappa shape index (κ1) is 13.8. The van der Waals surface area contributed by atoms with Gasteiger partial charge in [-0.2, -0.15) is 0 Å². The number of carbonyl (C=O) groups is 1. The van der Waals surface area contributed by atoms with E-state index in [1.54, 1.807) is 0 Å². The second-order valence-electron chi connectivity index (χ2n) is 4.45. The van der Waals surface area contributed by atoms with Crippen molar-refractivity contribution in [1.29, 1.82) is 0 Å². The summed E-state index contributed by atoms with van der Waals surface area (Å²) in [6.07, 6.45) is 4.32. The van der Waals surface area contributed by atoms with Gasteiger partial charge in [-0.1, -0.05) is 26.7 Å². The first-order chi connectivity index (χ1) is 8.19.